The lowest BCUT2D eigenvalue weighted by atomic mass is 10.1. The number of fused-ring (bicyclic) bond motifs is 1. The van der Waals surface area contributed by atoms with Crippen molar-refractivity contribution in [3.8, 4) is 0 Å². The number of carboxylic acids is 1. The Bertz CT molecular complexity index is 494. The van der Waals surface area contributed by atoms with Gasteiger partial charge in [-0.25, -0.2) is 9.50 Å². The van der Waals surface area contributed by atoms with Gasteiger partial charge in [0.15, 0.2) is 5.65 Å². The van der Waals surface area contributed by atoms with E-state index < -0.39 is 12.0 Å². The molecule has 78 valence electrons. The summed E-state index contributed by atoms with van der Waals surface area (Å²) in [4.78, 5) is 14.6. The first-order chi connectivity index (χ1) is 7.18. The maximum Gasteiger partial charge on any atom is 0.320 e. The van der Waals surface area contributed by atoms with Crippen molar-refractivity contribution in [2.45, 2.75) is 12.5 Å². The highest BCUT2D eigenvalue weighted by molar-refractivity contribution is 5.74. The number of rotatable bonds is 3. The second-order valence-corrected chi connectivity index (χ2v) is 3.21. The first-order valence-electron chi connectivity index (χ1n) is 4.44. The summed E-state index contributed by atoms with van der Waals surface area (Å²) in [5, 5.41) is 12.6. The molecule has 0 aliphatic rings. The van der Waals surface area contributed by atoms with Crippen LogP contribution in [0.4, 0.5) is 0 Å². The highest BCUT2D eigenvalue weighted by Gasteiger charge is 2.14. The molecule has 0 fully saturated rings. The first kappa shape index (κ1) is 9.60. The zero-order valence-electron chi connectivity index (χ0n) is 7.87. The number of pyridine rings is 1. The number of nitrogens with zero attached hydrogens (tertiary/aromatic N) is 3. The molecule has 1 unspecified atom stereocenters. The molecule has 6 heteroatoms. The fourth-order valence-electron chi connectivity index (χ4n) is 1.39. The third-order valence-corrected chi connectivity index (χ3v) is 2.14. The molecule has 0 spiro atoms. The van der Waals surface area contributed by atoms with E-state index in [1.807, 2.05) is 0 Å². The Morgan fingerprint density at radius 2 is 2.47 bits per heavy atom. The third kappa shape index (κ3) is 1.79. The first-order valence-corrected chi connectivity index (χ1v) is 4.44. The van der Waals surface area contributed by atoms with E-state index in [-0.39, 0.29) is 6.42 Å². The van der Waals surface area contributed by atoms with E-state index in [2.05, 4.69) is 10.1 Å². The molecule has 6 nitrogen and oxygen atoms in total. The number of nitrogens with two attached hydrogens (primary N) is 1. The maximum atomic E-state index is 10.6. The minimum Gasteiger partial charge on any atom is -0.480 e. The Kier molecular flexibility index (Phi) is 2.34. The molecule has 0 saturated carbocycles. The molecule has 0 amide bonds. The molecule has 2 aromatic rings. The van der Waals surface area contributed by atoms with Gasteiger partial charge in [-0.1, -0.05) is 6.07 Å². The van der Waals surface area contributed by atoms with Crippen LogP contribution in [0.25, 0.3) is 5.65 Å². The van der Waals surface area contributed by atoms with Crippen LogP contribution in [0.15, 0.2) is 24.7 Å². The average Bonchev–Trinajstić information content (AvgIpc) is 2.66. The van der Waals surface area contributed by atoms with Gasteiger partial charge in [0, 0.05) is 12.6 Å². The molecular formula is C9H10N4O2. The highest BCUT2D eigenvalue weighted by Crippen LogP contribution is 2.08. The van der Waals surface area contributed by atoms with Crippen molar-refractivity contribution < 1.29 is 9.90 Å². The molecule has 15 heavy (non-hydrogen) atoms. The van der Waals surface area contributed by atoms with Gasteiger partial charge in [-0.2, -0.15) is 5.10 Å². The normalized spacial score (nSPS) is 12.9. The summed E-state index contributed by atoms with van der Waals surface area (Å²) in [5.74, 6) is -1.02. The van der Waals surface area contributed by atoms with Gasteiger partial charge in [0.2, 0.25) is 0 Å². The number of hydrogen-bond donors (Lipinski definition) is 2. The van der Waals surface area contributed by atoms with E-state index in [9.17, 15) is 4.79 Å². The van der Waals surface area contributed by atoms with Crippen LogP contribution < -0.4 is 5.73 Å². The lowest BCUT2D eigenvalue weighted by molar-refractivity contribution is -0.138. The van der Waals surface area contributed by atoms with Crippen LogP contribution in [0.5, 0.6) is 0 Å². The van der Waals surface area contributed by atoms with Gasteiger partial charge >= 0.3 is 5.97 Å². The monoisotopic (exact) mass is 206 g/mol. The topological polar surface area (TPSA) is 93.5 Å². The van der Waals surface area contributed by atoms with Gasteiger partial charge in [-0.05, 0) is 11.6 Å². The molecule has 0 radical (unpaired) electrons. The Morgan fingerprint density at radius 3 is 3.20 bits per heavy atom. The van der Waals surface area contributed by atoms with Gasteiger partial charge in [0.25, 0.3) is 0 Å². The van der Waals surface area contributed by atoms with Crippen LogP contribution in [0.2, 0.25) is 0 Å². The molecule has 1 atom stereocenters. The Morgan fingerprint density at radius 1 is 1.67 bits per heavy atom. The molecule has 0 bridgehead atoms. The summed E-state index contributed by atoms with van der Waals surface area (Å²) in [5.41, 5.74) is 6.88. The Labute approximate surface area is 85.3 Å². The molecule has 2 aromatic heterocycles. The van der Waals surface area contributed by atoms with E-state index in [4.69, 9.17) is 10.8 Å². The van der Waals surface area contributed by atoms with Gasteiger partial charge in [0.1, 0.15) is 12.4 Å². The Hall–Kier alpha value is -1.95. The largest absolute Gasteiger partial charge is 0.480 e. The van der Waals surface area contributed by atoms with E-state index in [0.717, 1.165) is 5.56 Å². The maximum absolute atomic E-state index is 10.6. The van der Waals surface area contributed by atoms with Crippen LogP contribution in [0, 0.1) is 0 Å². The molecule has 2 heterocycles. The fourth-order valence-corrected chi connectivity index (χ4v) is 1.39. The average molecular weight is 206 g/mol. The van der Waals surface area contributed by atoms with Crippen molar-refractivity contribution in [1.29, 1.82) is 0 Å². The molecule has 0 saturated heterocycles. The van der Waals surface area contributed by atoms with Crippen molar-refractivity contribution in [2.24, 2.45) is 5.73 Å². The highest BCUT2D eigenvalue weighted by atomic mass is 16.4. The molecular weight excluding hydrogens is 196 g/mol. The minimum absolute atomic E-state index is 0.248. The number of aliphatic carboxylic acids is 1. The smallest absolute Gasteiger partial charge is 0.320 e. The zero-order valence-corrected chi connectivity index (χ0v) is 7.87. The predicted octanol–water partition coefficient (Wildman–Crippen LogP) is -0.316. The van der Waals surface area contributed by atoms with Crippen molar-refractivity contribution in [1.82, 2.24) is 14.6 Å². The van der Waals surface area contributed by atoms with E-state index >= 15 is 0 Å². The van der Waals surface area contributed by atoms with Crippen LogP contribution >= 0.6 is 0 Å². The second kappa shape index (κ2) is 3.66. The summed E-state index contributed by atoms with van der Waals surface area (Å²) >= 11 is 0. The van der Waals surface area contributed by atoms with Gasteiger partial charge in [0.05, 0.1) is 0 Å². The van der Waals surface area contributed by atoms with Crippen molar-refractivity contribution in [3.05, 3.63) is 30.2 Å². The van der Waals surface area contributed by atoms with Crippen LogP contribution in [-0.4, -0.2) is 31.7 Å². The van der Waals surface area contributed by atoms with Gasteiger partial charge < -0.3 is 10.8 Å². The van der Waals surface area contributed by atoms with E-state index in [1.54, 1.807) is 22.8 Å². The number of carboxylic acid groups (broad SMARTS) is 1. The van der Waals surface area contributed by atoms with Crippen molar-refractivity contribution >= 4 is 11.6 Å². The number of aromatic nitrogens is 3. The number of carbonyl (C=O) groups is 1. The molecule has 0 aliphatic heterocycles. The predicted molar refractivity (Wildman–Crippen MR) is 52.3 cm³/mol. The van der Waals surface area contributed by atoms with Crippen molar-refractivity contribution in [3.63, 3.8) is 0 Å². The fraction of sp³-hybridized carbons (Fsp3) is 0.222. The molecule has 0 aliphatic carbocycles. The SMILES string of the molecule is NC(Cc1cccn2ncnc12)C(=O)O. The lowest BCUT2D eigenvalue weighted by Gasteiger charge is -2.06. The van der Waals surface area contributed by atoms with Crippen molar-refractivity contribution in [2.75, 3.05) is 0 Å². The summed E-state index contributed by atoms with van der Waals surface area (Å²) < 4.78 is 1.59. The molecule has 0 aromatic carbocycles. The van der Waals surface area contributed by atoms with E-state index in [1.165, 1.54) is 6.33 Å². The van der Waals surface area contributed by atoms with Crippen LogP contribution in [-0.2, 0) is 11.2 Å². The zero-order chi connectivity index (χ0) is 10.8. The standard InChI is InChI=1S/C9H10N4O2/c10-7(9(14)15)4-6-2-1-3-13-8(6)11-5-12-13/h1-3,5,7H,4,10H2,(H,14,15). The summed E-state index contributed by atoms with van der Waals surface area (Å²) in [6.45, 7) is 0. The molecule has 3 N–H and O–H groups in total. The Balaban J connectivity index is 2.35. The van der Waals surface area contributed by atoms with Gasteiger partial charge in [-0.3, -0.25) is 4.79 Å². The summed E-state index contributed by atoms with van der Waals surface area (Å²) in [7, 11) is 0. The lowest BCUT2D eigenvalue weighted by Crippen LogP contribution is -2.32. The minimum atomic E-state index is -1.02. The van der Waals surface area contributed by atoms with E-state index in [0.29, 0.717) is 5.65 Å². The quantitative estimate of drug-likeness (QED) is 0.718. The molecule has 2 rings (SSSR count). The summed E-state index contributed by atoms with van der Waals surface area (Å²) in [6, 6.07) is 2.67. The van der Waals surface area contributed by atoms with Gasteiger partial charge in [-0.15, -0.1) is 0 Å². The number of hydrogen-bond acceptors (Lipinski definition) is 4. The third-order valence-electron chi connectivity index (χ3n) is 2.14. The second-order valence-electron chi connectivity index (χ2n) is 3.21. The van der Waals surface area contributed by atoms with Crippen LogP contribution in [0.3, 0.4) is 0 Å². The van der Waals surface area contributed by atoms with Crippen LogP contribution in [0.1, 0.15) is 5.56 Å². The summed E-state index contributed by atoms with van der Waals surface area (Å²) in [6.07, 6.45) is 3.42.